The number of carbonyl (C=O) groups is 2. The number of nitrogens with one attached hydrogen (secondary N) is 3. The zero-order chi connectivity index (χ0) is 27.5. The number of benzene rings is 3. The molecule has 0 unspecified atom stereocenters. The monoisotopic (exact) mass is 534 g/mol. The van der Waals surface area contributed by atoms with Gasteiger partial charge in [0.2, 0.25) is 0 Å². The molecule has 3 aromatic carbocycles. The highest BCUT2D eigenvalue weighted by Crippen LogP contribution is 2.28. The fourth-order valence-electron chi connectivity index (χ4n) is 4.44. The van der Waals surface area contributed by atoms with Crippen molar-refractivity contribution in [2.75, 3.05) is 22.7 Å². The van der Waals surface area contributed by atoms with Gasteiger partial charge in [0.25, 0.3) is 21.8 Å². The molecule has 1 heterocycles. The van der Waals surface area contributed by atoms with Crippen LogP contribution in [0, 0.1) is 6.92 Å². The zero-order valence-electron chi connectivity index (χ0n) is 22.2. The van der Waals surface area contributed by atoms with Gasteiger partial charge < -0.3 is 4.90 Å². The van der Waals surface area contributed by atoms with Crippen LogP contribution >= 0.6 is 0 Å². The summed E-state index contributed by atoms with van der Waals surface area (Å²) in [6.07, 6.45) is 1.95. The highest BCUT2D eigenvalue weighted by atomic mass is 32.2. The van der Waals surface area contributed by atoms with E-state index in [2.05, 4.69) is 21.6 Å². The maximum atomic E-state index is 13.1. The Labute approximate surface area is 224 Å². The zero-order valence-corrected chi connectivity index (χ0v) is 23.0. The number of aryl methyl sites for hydroxylation is 2. The Kier molecular flexibility index (Phi) is 7.78. The maximum Gasteiger partial charge on any atom is 0.269 e. The molecule has 0 radical (unpaired) electrons. The normalized spacial score (nSPS) is 13.4. The second-order valence-electron chi connectivity index (χ2n) is 10.6. The standard InChI is InChI=1S/C29H34N4O4S/c1-20-11-14-23(29(2,3)4)18-26(20)38(36,37)32-24-15-12-22(13-16-24)28(35)31-30-27(34)19-33-17-7-9-21-8-5-6-10-25(21)33/h5-6,8,10-16,18,32H,7,9,17,19H2,1-4H3,(H,30,34)(H,31,35). The minimum Gasteiger partial charge on any atom is -0.362 e. The third kappa shape index (κ3) is 6.34. The predicted octanol–water partition coefficient (Wildman–Crippen LogP) is 4.31. The molecular weight excluding hydrogens is 500 g/mol. The Morgan fingerprint density at radius 1 is 0.947 bits per heavy atom. The highest BCUT2D eigenvalue weighted by molar-refractivity contribution is 7.92. The maximum absolute atomic E-state index is 13.1. The Morgan fingerprint density at radius 2 is 1.66 bits per heavy atom. The third-order valence-corrected chi connectivity index (χ3v) is 8.12. The number of sulfonamides is 1. The Balaban J connectivity index is 1.35. The van der Waals surface area contributed by atoms with Crippen LogP contribution in [0.15, 0.2) is 71.6 Å². The quantitative estimate of drug-likeness (QED) is 0.409. The lowest BCUT2D eigenvalue weighted by Gasteiger charge is -2.30. The summed E-state index contributed by atoms with van der Waals surface area (Å²) in [5, 5.41) is 0. The first-order valence-electron chi connectivity index (χ1n) is 12.6. The van der Waals surface area contributed by atoms with E-state index < -0.39 is 15.9 Å². The van der Waals surface area contributed by atoms with Crippen LogP contribution < -0.4 is 20.5 Å². The summed E-state index contributed by atoms with van der Waals surface area (Å²) in [6.45, 7) is 8.75. The molecule has 0 atom stereocenters. The SMILES string of the molecule is Cc1ccc(C(C)(C)C)cc1S(=O)(=O)Nc1ccc(C(=O)NNC(=O)CN2CCCc3ccccc32)cc1. The molecule has 38 heavy (non-hydrogen) atoms. The molecule has 0 spiro atoms. The Hall–Kier alpha value is -3.85. The van der Waals surface area contributed by atoms with Crippen molar-refractivity contribution in [2.45, 2.75) is 50.8 Å². The largest absolute Gasteiger partial charge is 0.362 e. The highest BCUT2D eigenvalue weighted by Gasteiger charge is 2.22. The molecule has 0 fully saturated rings. The van der Waals surface area contributed by atoms with Crippen LogP contribution in [0.2, 0.25) is 0 Å². The molecule has 3 N–H and O–H groups in total. The number of carbonyl (C=O) groups excluding carboxylic acids is 2. The molecule has 0 saturated heterocycles. The summed E-state index contributed by atoms with van der Waals surface area (Å²) >= 11 is 0. The first-order chi connectivity index (χ1) is 17.9. The van der Waals surface area contributed by atoms with Crippen LogP contribution in [0.25, 0.3) is 0 Å². The molecule has 8 nitrogen and oxygen atoms in total. The average Bonchev–Trinajstić information content (AvgIpc) is 2.87. The van der Waals surface area contributed by atoms with Crippen LogP contribution in [0.1, 0.15) is 54.2 Å². The molecule has 0 saturated carbocycles. The topological polar surface area (TPSA) is 108 Å². The van der Waals surface area contributed by atoms with Gasteiger partial charge in [-0.05, 0) is 78.3 Å². The van der Waals surface area contributed by atoms with Crippen molar-refractivity contribution in [2.24, 2.45) is 0 Å². The van der Waals surface area contributed by atoms with Crippen molar-refractivity contribution in [3.63, 3.8) is 0 Å². The van der Waals surface area contributed by atoms with Gasteiger partial charge in [0.1, 0.15) is 0 Å². The Bertz CT molecular complexity index is 1440. The van der Waals surface area contributed by atoms with E-state index in [9.17, 15) is 18.0 Å². The number of anilines is 2. The molecule has 9 heteroatoms. The minimum atomic E-state index is -3.83. The van der Waals surface area contributed by atoms with Crippen LogP contribution in [0.5, 0.6) is 0 Å². The molecule has 0 bridgehead atoms. The second kappa shape index (κ2) is 10.9. The summed E-state index contributed by atoms with van der Waals surface area (Å²) in [5.74, 6) is -0.826. The van der Waals surface area contributed by atoms with Crippen LogP contribution in [0.4, 0.5) is 11.4 Å². The van der Waals surface area contributed by atoms with Gasteiger partial charge >= 0.3 is 0 Å². The van der Waals surface area contributed by atoms with Crippen molar-refractivity contribution >= 4 is 33.2 Å². The van der Waals surface area contributed by atoms with E-state index in [1.807, 2.05) is 49.9 Å². The summed E-state index contributed by atoms with van der Waals surface area (Å²) in [5.41, 5.74) is 9.12. The average molecular weight is 535 g/mol. The van der Waals surface area contributed by atoms with Gasteiger partial charge in [0, 0.05) is 23.5 Å². The number of rotatable bonds is 6. The minimum absolute atomic E-state index is 0.133. The van der Waals surface area contributed by atoms with Crippen molar-refractivity contribution in [1.82, 2.24) is 10.9 Å². The van der Waals surface area contributed by atoms with Gasteiger partial charge in [-0.1, -0.05) is 51.1 Å². The molecule has 1 aliphatic rings. The first-order valence-corrected chi connectivity index (χ1v) is 14.1. The number of hydrogen-bond donors (Lipinski definition) is 3. The summed E-state index contributed by atoms with van der Waals surface area (Å²) in [4.78, 5) is 27.2. The lowest BCUT2D eigenvalue weighted by molar-refractivity contribution is -0.120. The fourth-order valence-corrected chi connectivity index (χ4v) is 5.77. The lowest BCUT2D eigenvalue weighted by atomic mass is 9.87. The molecule has 0 aliphatic carbocycles. The fraction of sp³-hybridized carbons (Fsp3) is 0.310. The number of para-hydroxylation sites is 1. The molecule has 1 aliphatic heterocycles. The van der Waals surface area contributed by atoms with Gasteiger partial charge in [-0.3, -0.25) is 25.2 Å². The first kappa shape index (κ1) is 27.2. The van der Waals surface area contributed by atoms with Crippen LogP contribution in [0.3, 0.4) is 0 Å². The lowest BCUT2D eigenvalue weighted by Crippen LogP contribution is -2.47. The van der Waals surface area contributed by atoms with Crippen molar-refractivity contribution in [3.8, 4) is 0 Å². The second-order valence-corrected chi connectivity index (χ2v) is 12.2. The van der Waals surface area contributed by atoms with E-state index in [4.69, 9.17) is 0 Å². The van der Waals surface area contributed by atoms with Crippen molar-refractivity contribution in [3.05, 3.63) is 89.0 Å². The third-order valence-electron chi connectivity index (χ3n) is 6.60. The number of nitrogens with zero attached hydrogens (tertiary/aromatic N) is 1. The molecule has 200 valence electrons. The molecule has 2 amide bonds. The van der Waals surface area contributed by atoms with Gasteiger partial charge in [-0.2, -0.15) is 0 Å². The van der Waals surface area contributed by atoms with Gasteiger partial charge in [-0.15, -0.1) is 0 Å². The molecule has 4 rings (SSSR count). The van der Waals surface area contributed by atoms with Crippen LogP contribution in [-0.4, -0.2) is 33.3 Å². The Morgan fingerprint density at radius 3 is 2.37 bits per heavy atom. The van der Waals surface area contributed by atoms with Gasteiger partial charge in [0.05, 0.1) is 11.4 Å². The number of fused-ring (bicyclic) bond motifs is 1. The number of hydrogen-bond acceptors (Lipinski definition) is 5. The molecule has 3 aromatic rings. The summed E-state index contributed by atoms with van der Waals surface area (Å²) in [7, 11) is -3.83. The van der Waals surface area contributed by atoms with E-state index in [1.54, 1.807) is 19.1 Å². The molecular formula is C29H34N4O4S. The van der Waals surface area contributed by atoms with E-state index in [0.29, 0.717) is 11.3 Å². The van der Waals surface area contributed by atoms with Gasteiger partial charge in [0.15, 0.2) is 0 Å². The summed E-state index contributed by atoms with van der Waals surface area (Å²) < 4.78 is 28.8. The van der Waals surface area contributed by atoms with E-state index in [-0.39, 0.29) is 28.3 Å². The smallest absolute Gasteiger partial charge is 0.269 e. The van der Waals surface area contributed by atoms with Gasteiger partial charge in [-0.25, -0.2) is 8.42 Å². The molecule has 0 aromatic heterocycles. The van der Waals surface area contributed by atoms with E-state index in [0.717, 1.165) is 30.6 Å². The van der Waals surface area contributed by atoms with Crippen molar-refractivity contribution < 1.29 is 18.0 Å². The van der Waals surface area contributed by atoms with Crippen LogP contribution in [-0.2, 0) is 26.7 Å². The number of amides is 2. The number of hydrazine groups is 1. The van der Waals surface area contributed by atoms with E-state index >= 15 is 0 Å². The predicted molar refractivity (Wildman–Crippen MR) is 150 cm³/mol. The van der Waals surface area contributed by atoms with E-state index in [1.165, 1.54) is 29.8 Å². The van der Waals surface area contributed by atoms with Crippen molar-refractivity contribution in [1.29, 1.82) is 0 Å². The summed E-state index contributed by atoms with van der Waals surface area (Å²) in [6, 6.07) is 19.5.